The molecule has 1 aromatic rings. The highest BCUT2D eigenvalue weighted by Crippen LogP contribution is 2.52. The Kier molecular flexibility index (Phi) is 5.29. The number of nitrogens with one attached hydrogen (secondary N) is 2. The van der Waals surface area contributed by atoms with E-state index in [0.29, 0.717) is 0 Å². The van der Waals surface area contributed by atoms with Crippen molar-refractivity contribution in [3.05, 3.63) is 47.0 Å². The minimum absolute atomic E-state index is 0.0463. The highest BCUT2D eigenvalue weighted by molar-refractivity contribution is 6.33. The molecule has 3 aliphatic rings. The van der Waals surface area contributed by atoms with Gasteiger partial charge in [0.1, 0.15) is 6.54 Å². The number of esters is 1. The van der Waals surface area contributed by atoms with Crippen LogP contribution in [0.25, 0.3) is 0 Å². The highest BCUT2D eigenvalue weighted by Gasteiger charge is 2.59. The van der Waals surface area contributed by atoms with Crippen LogP contribution in [0.4, 0.5) is 0 Å². The second-order valence-corrected chi connectivity index (χ2v) is 7.81. The molecule has 1 saturated heterocycles. The van der Waals surface area contributed by atoms with Crippen LogP contribution in [0.5, 0.6) is 0 Å². The molecule has 0 unspecified atom stereocenters. The van der Waals surface area contributed by atoms with Gasteiger partial charge in [0, 0.05) is 0 Å². The molecule has 2 N–H and O–H groups in total. The summed E-state index contributed by atoms with van der Waals surface area (Å²) in [6, 6.07) is 6.27. The lowest BCUT2D eigenvalue weighted by Crippen LogP contribution is -2.44. The average molecular weight is 432 g/mol. The van der Waals surface area contributed by atoms with Crippen molar-refractivity contribution >= 4 is 41.2 Å². The molecule has 1 aromatic carbocycles. The quantitative estimate of drug-likeness (QED) is 0.302. The molecule has 4 atom stereocenters. The maximum atomic E-state index is 12.5. The molecule has 0 radical (unpaired) electrons. The maximum Gasteiger partial charge on any atom is 0.326 e. The monoisotopic (exact) mass is 431 g/mol. The van der Waals surface area contributed by atoms with E-state index in [9.17, 15) is 24.0 Å². The molecule has 1 saturated carbocycles. The Bertz CT molecular complexity index is 947. The lowest BCUT2D eigenvalue weighted by molar-refractivity contribution is -0.155. The van der Waals surface area contributed by atoms with Gasteiger partial charge in [-0.05, 0) is 30.4 Å². The molecule has 9 nitrogen and oxygen atoms in total. The Morgan fingerprint density at radius 3 is 2.30 bits per heavy atom. The van der Waals surface area contributed by atoms with Crippen molar-refractivity contribution in [3.63, 3.8) is 0 Å². The number of hydrogen-bond acceptors (Lipinski definition) is 6. The fourth-order valence-electron chi connectivity index (χ4n) is 4.32. The van der Waals surface area contributed by atoms with Gasteiger partial charge in [-0.2, -0.15) is 0 Å². The summed E-state index contributed by atoms with van der Waals surface area (Å²) in [4.78, 5) is 61.8. The summed E-state index contributed by atoms with van der Waals surface area (Å²) in [5, 5.41) is 0.212. The van der Waals surface area contributed by atoms with Crippen LogP contribution in [0.15, 0.2) is 36.4 Å². The van der Waals surface area contributed by atoms with Crippen molar-refractivity contribution in [2.24, 2.45) is 23.7 Å². The first-order chi connectivity index (χ1) is 14.4. The van der Waals surface area contributed by atoms with Crippen LogP contribution < -0.4 is 10.9 Å². The van der Waals surface area contributed by atoms with E-state index in [1.54, 1.807) is 12.1 Å². The lowest BCUT2D eigenvalue weighted by Gasteiger charge is -2.16. The van der Waals surface area contributed by atoms with Crippen LogP contribution in [0.2, 0.25) is 5.02 Å². The maximum absolute atomic E-state index is 12.5. The van der Waals surface area contributed by atoms with E-state index < -0.39 is 42.8 Å². The number of likely N-dealkylation sites (tertiary alicyclic amines) is 1. The number of allylic oxidation sites excluding steroid dienone is 2. The number of carbonyl (C=O) groups is 5. The summed E-state index contributed by atoms with van der Waals surface area (Å²) in [5.41, 5.74) is 4.41. The number of hydrazine groups is 1. The molecule has 2 fully saturated rings. The lowest BCUT2D eigenvalue weighted by atomic mass is 9.85. The van der Waals surface area contributed by atoms with E-state index in [2.05, 4.69) is 10.9 Å². The minimum atomic E-state index is -0.885. The molecule has 30 heavy (non-hydrogen) atoms. The number of fused-ring (bicyclic) bond motifs is 5. The van der Waals surface area contributed by atoms with Gasteiger partial charge in [-0.1, -0.05) is 35.9 Å². The second-order valence-electron chi connectivity index (χ2n) is 7.41. The number of carbonyl (C=O) groups excluding carboxylic acids is 5. The molecular formula is C20H18ClN3O6. The van der Waals surface area contributed by atoms with Crippen molar-refractivity contribution in [2.45, 2.75) is 6.42 Å². The number of rotatable bonds is 5. The molecule has 4 amide bonds. The van der Waals surface area contributed by atoms with Gasteiger partial charge < -0.3 is 4.74 Å². The van der Waals surface area contributed by atoms with Crippen molar-refractivity contribution in [1.82, 2.24) is 15.8 Å². The molecular weight excluding hydrogens is 414 g/mol. The largest absolute Gasteiger partial charge is 0.454 e. The Morgan fingerprint density at radius 1 is 1.03 bits per heavy atom. The van der Waals surface area contributed by atoms with Gasteiger partial charge in [-0.15, -0.1) is 0 Å². The van der Waals surface area contributed by atoms with Gasteiger partial charge in [-0.3, -0.25) is 39.7 Å². The predicted molar refractivity (Wildman–Crippen MR) is 102 cm³/mol. The normalized spacial score (nSPS) is 26.0. The SMILES string of the molecule is O=C(COC(=O)CN1C(=O)[C@@H]2[C@H](C1=O)[C@H]1C=C[C@H]2C1)NNC(=O)c1ccccc1Cl. The standard InChI is InChI=1S/C20H18ClN3O6/c21-13-4-2-1-3-12(13)18(27)23-22-14(25)9-30-15(26)8-24-19(28)16-10-5-6-11(7-10)17(16)20(24)29/h1-6,10-11,16-17H,7-9H2,(H,22,25)(H,23,27)/t10-,11-,16-,17+/m0/s1. The third kappa shape index (κ3) is 3.56. The van der Waals surface area contributed by atoms with Crippen molar-refractivity contribution < 1.29 is 28.7 Å². The summed E-state index contributed by atoms with van der Waals surface area (Å²) in [7, 11) is 0. The van der Waals surface area contributed by atoms with E-state index in [1.807, 2.05) is 12.2 Å². The van der Waals surface area contributed by atoms with E-state index in [1.165, 1.54) is 12.1 Å². The van der Waals surface area contributed by atoms with Crippen molar-refractivity contribution in [3.8, 4) is 0 Å². The first kappa shape index (κ1) is 20.1. The number of ether oxygens (including phenoxy) is 1. The Hall–Kier alpha value is -3.20. The number of hydrogen-bond donors (Lipinski definition) is 2. The molecule has 0 spiro atoms. The smallest absolute Gasteiger partial charge is 0.326 e. The third-order valence-corrected chi connectivity index (χ3v) is 5.98. The fourth-order valence-corrected chi connectivity index (χ4v) is 4.54. The second kappa shape index (κ2) is 7.91. The van der Waals surface area contributed by atoms with Gasteiger partial charge in [0.05, 0.1) is 22.4 Å². The number of imide groups is 1. The first-order valence-electron chi connectivity index (χ1n) is 9.39. The average Bonchev–Trinajstić information content (AvgIpc) is 3.41. The molecule has 1 heterocycles. The number of nitrogens with zero attached hydrogens (tertiary/aromatic N) is 1. The Morgan fingerprint density at radius 2 is 1.67 bits per heavy atom. The van der Waals surface area contributed by atoms with Gasteiger partial charge in [-0.25, -0.2) is 0 Å². The topological polar surface area (TPSA) is 122 Å². The van der Waals surface area contributed by atoms with Gasteiger partial charge in [0.2, 0.25) is 11.8 Å². The summed E-state index contributed by atoms with van der Waals surface area (Å²) in [6.07, 6.45) is 4.71. The van der Waals surface area contributed by atoms with Crippen LogP contribution in [0.3, 0.4) is 0 Å². The molecule has 4 rings (SSSR count). The summed E-state index contributed by atoms with van der Waals surface area (Å²) in [6.45, 7) is -1.22. The zero-order valence-electron chi connectivity index (χ0n) is 15.7. The van der Waals surface area contributed by atoms with E-state index in [4.69, 9.17) is 16.3 Å². The van der Waals surface area contributed by atoms with E-state index in [0.717, 1.165) is 11.3 Å². The number of halogens is 1. The minimum Gasteiger partial charge on any atom is -0.454 e. The summed E-state index contributed by atoms with van der Waals surface area (Å²) < 4.78 is 4.83. The summed E-state index contributed by atoms with van der Waals surface area (Å²) >= 11 is 5.89. The predicted octanol–water partition coefficient (Wildman–Crippen LogP) is 0.451. The van der Waals surface area contributed by atoms with Gasteiger partial charge in [0.15, 0.2) is 6.61 Å². The van der Waals surface area contributed by atoms with Gasteiger partial charge >= 0.3 is 5.97 Å². The fraction of sp³-hybridized carbons (Fsp3) is 0.350. The molecule has 2 aliphatic carbocycles. The third-order valence-electron chi connectivity index (χ3n) is 5.65. The molecule has 0 aromatic heterocycles. The Labute approximate surface area is 176 Å². The zero-order valence-corrected chi connectivity index (χ0v) is 16.4. The first-order valence-corrected chi connectivity index (χ1v) is 9.77. The van der Waals surface area contributed by atoms with Crippen LogP contribution in [-0.4, -0.2) is 47.6 Å². The van der Waals surface area contributed by atoms with Crippen LogP contribution in [-0.2, 0) is 23.9 Å². The van der Waals surface area contributed by atoms with E-state index in [-0.39, 0.29) is 34.2 Å². The van der Waals surface area contributed by atoms with Gasteiger partial charge in [0.25, 0.3) is 11.8 Å². The van der Waals surface area contributed by atoms with Crippen molar-refractivity contribution in [2.75, 3.05) is 13.2 Å². The van der Waals surface area contributed by atoms with E-state index >= 15 is 0 Å². The van der Waals surface area contributed by atoms with Crippen LogP contribution in [0, 0.1) is 23.7 Å². The molecule has 1 aliphatic heterocycles. The molecule has 10 heteroatoms. The number of amides is 4. The molecule has 156 valence electrons. The van der Waals surface area contributed by atoms with Crippen LogP contribution >= 0.6 is 11.6 Å². The zero-order chi connectivity index (χ0) is 21.4. The Balaban J connectivity index is 1.23. The molecule has 2 bridgehead atoms. The van der Waals surface area contributed by atoms with Crippen molar-refractivity contribution in [1.29, 1.82) is 0 Å². The van der Waals surface area contributed by atoms with Crippen LogP contribution in [0.1, 0.15) is 16.8 Å². The summed E-state index contributed by atoms with van der Waals surface area (Å²) in [5.74, 6) is -3.75. The highest BCUT2D eigenvalue weighted by atomic mass is 35.5. The number of benzene rings is 1.